The van der Waals surface area contributed by atoms with Crippen molar-refractivity contribution in [2.75, 3.05) is 5.32 Å². The fourth-order valence-corrected chi connectivity index (χ4v) is 5.24. The minimum absolute atomic E-state index is 0.144. The number of rotatable bonds is 12. The van der Waals surface area contributed by atoms with Gasteiger partial charge in [0, 0.05) is 12.2 Å². The van der Waals surface area contributed by atoms with Gasteiger partial charge in [0.05, 0.1) is 17.5 Å². The van der Waals surface area contributed by atoms with Gasteiger partial charge < -0.3 is 38.8 Å². The first-order valence-corrected chi connectivity index (χ1v) is 20.2. The molecule has 0 bridgehead atoms. The lowest BCUT2D eigenvalue weighted by Crippen LogP contribution is -2.46. The lowest BCUT2D eigenvalue weighted by molar-refractivity contribution is -0.160. The Kier molecular flexibility index (Phi) is 17.2. The topological polar surface area (TPSA) is 235 Å². The Balaban J connectivity index is 1.74. The van der Waals surface area contributed by atoms with Crippen LogP contribution in [0, 0.1) is 0 Å². The summed E-state index contributed by atoms with van der Waals surface area (Å²) in [7, 11) is 0. The standard InChI is InChI=1S/C46H58N4O14/c1-43(2,3)61-35(51)25-34(36(52)53)50(26-29-14-13-15-31(24-29)38(55)62-44(4,5)6)42(58)59-27-28-16-22-33(23-17-28)60-37(54)30-18-20-32(21-19-30)47-39(48-40(56)63-45(7,8)9)49-41(57)64-46(10,11)12/h13-24,34H,25-27H2,1-12H3,(H,52,53)(H2,47,48,49,56,57). The maximum absolute atomic E-state index is 13.7. The number of amides is 3. The number of aliphatic carboxylic acids is 1. The van der Waals surface area contributed by atoms with Crippen LogP contribution in [0.25, 0.3) is 0 Å². The van der Waals surface area contributed by atoms with Crippen molar-refractivity contribution in [1.29, 1.82) is 0 Å². The summed E-state index contributed by atoms with van der Waals surface area (Å²) >= 11 is 0. The van der Waals surface area contributed by atoms with Crippen LogP contribution in [0.4, 0.5) is 20.1 Å². The van der Waals surface area contributed by atoms with E-state index >= 15 is 0 Å². The van der Waals surface area contributed by atoms with Crippen molar-refractivity contribution in [1.82, 2.24) is 10.2 Å². The number of guanidine groups is 1. The van der Waals surface area contributed by atoms with Gasteiger partial charge in [0.1, 0.15) is 40.8 Å². The minimum atomic E-state index is -1.71. The van der Waals surface area contributed by atoms with Crippen molar-refractivity contribution < 1.29 is 67.1 Å². The second-order valence-electron chi connectivity index (χ2n) is 18.3. The highest BCUT2D eigenvalue weighted by Gasteiger charge is 2.35. The molecule has 0 aromatic heterocycles. The molecular formula is C46H58N4O14. The average molecular weight is 891 g/mol. The average Bonchev–Trinajstić information content (AvgIpc) is 3.13. The molecule has 0 aliphatic rings. The summed E-state index contributed by atoms with van der Waals surface area (Å²) in [6.45, 7) is 19.3. The second kappa shape index (κ2) is 21.4. The molecule has 1 unspecified atom stereocenters. The number of anilines is 1. The third-order valence-electron chi connectivity index (χ3n) is 7.69. The predicted molar refractivity (Wildman–Crippen MR) is 234 cm³/mol. The monoisotopic (exact) mass is 890 g/mol. The Morgan fingerprint density at radius 1 is 0.656 bits per heavy atom. The number of carbonyl (C=O) groups excluding carboxylic acids is 6. The number of aliphatic imine (C=N–C) groups is 1. The van der Waals surface area contributed by atoms with E-state index in [1.54, 1.807) is 95.2 Å². The van der Waals surface area contributed by atoms with E-state index < -0.39 is 77.0 Å². The number of nitrogens with one attached hydrogen (secondary N) is 2. The SMILES string of the molecule is CC(C)(C)OC(=O)CC(C(=O)O)N(Cc1cccc(C(=O)OC(C)(C)C)c1)C(=O)OCc1ccc(OC(=O)c2ccc(NC(=NC(=O)OC(C)(C)C)NC(=O)OC(C)(C)C)cc2)cc1. The molecule has 18 nitrogen and oxygen atoms in total. The number of ether oxygens (including phenoxy) is 6. The van der Waals surface area contributed by atoms with Crippen LogP contribution in [0.5, 0.6) is 5.75 Å². The van der Waals surface area contributed by atoms with Crippen LogP contribution >= 0.6 is 0 Å². The molecule has 64 heavy (non-hydrogen) atoms. The molecule has 0 saturated heterocycles. The Morgan fingerprint density at radius 2 is 1.23 bits per heavy atom. The van der Waals surface area contributed by atoms with Gasteiger partial charge in [-0.05, 0) is 143 Å². The molecule has 0 spiro atoms. The van der Waals surface area contributed by atoms with Gasteiger partial charge in [-0.15, -0.1) is 4.99 Å². The summed E-state index contributed by atoms with van der Waals surface area (Å²) in [5.74, 6) is -3.84. The first-order chi connectivity index (χ1) is 29.4. The van der Waals surface area contributed by atoms with E-state index in [1.165, 1.54) is 60.7 Å². The number of nitrogens with zero attached hydrogens (tertiary/aromatic N) is 2. The van der Waals surface area contributed by atoms with Crippen molar-refractivity contribution in [3.8, 4) is 5.75 Å². The van der Waals surface area contributed by atoms with E-state index in [2.05, 4.69) is 15.6 Å². The molecule has 1 atom stereocenters. The van der Waals surface area contributed by atoms with Gasteiger partial charge in [0.15, 0.2) is 0 Å². The van der Waals surface area contributed by atoms with Crippen molar-refractivity contribution >= 4 is 53.8 Å². The van der Waals surface area contributed by atoms with Gasteiger partial charge in [-0.3, -0.25) is 15.0 Å². The van der Waals surface area contributed by atoms with Gasteiger partial charge in [-0.1, -0.05) is 24.3 Å². The van der Waals surface area contributed by atoms with E-state index in [1.807, 2.05) is 0 Å². The Bertz CT molecular complexity index is 2190. The van der Waals surface area contributed by atoms with Gasteiger partial charge in [-0.25, -0.2) is 28.8 Å². The third-order valence-corrected chi connectivity index (χ3v) is 7.69. The molecular weight excluding hydrogens is 833 g/mol. The smallest absolute Gasteiger partial charge is 0.437 e. The van der Waals surface area contributed by atoms with Crippen molar-refractivity contribution in [2.45, 2.75) is 131 Å². The molecule has 3 rings (SSSR count). The number of carboxylic acid groups (broad SMARTS) is 1. The fourth-order valence-electron chi connectivity index (χ4n) is 5.24. The van der Waals surface area contributed by atoms with Gasteiger partial charge in [-0.2, -0.15) is 0 Å². The fraction of sp³-hybridized carbons (Fsp3) is 0.435. The summed E-state index contributed by atoms with van der Waals surface area (Å²) in [5.41, 5.74) is -1.94. The third kappa shape index (κ3) is 19.0. The molecule has 0 saturated carbocycles. The highest BCUT2D eigenvalue weighted by molar-refractivity contribution is 6.06. The number of alkyl carbamates (subject to hydrolysis) is 1. The van der Waals surface area contributed by atoms with E-state index in [9.17, 15) is 38.7 Å². The normalized spacial score (nSPS) is 12.5. The molecule has 3 aromatic rings. The highest BCUT2D eigenvalue weighted by atomic mass is 16.6. The van der Waals surface area contributed by atoms with Crippen molar-refractivity contribution in [3.05, 3.63) is 95.1 Å². The van der Waals surface area contributed by atoms with Crippen LogP contribution in [-0.2, 0) is 46.4 Å². The van der Waals surface area contributed by atoms with E-state index in [-0.39, 0.29) is 36.0 Å². The number of hydrogen-bond donors (Lipinski definition) is 3. The zero-order valence-corrected chi connectivity index (χ0v) is 38.3. The molecule has 0 heterocycles. The van der Waals surface area contributed by atoms with Crippen LogP contribution in [0.2, 0.25) is 0 Å². The van der Waals surface area contributed by atoms with Crippen LogP contribution in [-0.4, -0.2) is 86.6 Å². The Hall–Kier alpha value is -6.98. The quantitative estimate of drug-likeness (QED) is 0.0509. The molecule has 0 fully saturated rings. The second-order valence-corrected chi connectivity index (χ2v) is 18.3. The van der Waals surface area contributed by atoms with E-state index in [0.29, 0.717) is 16.8 Å². The van der Waals surface area contributed by atoms with Crippen LogP contribution in [0.15, 0.2) is 77.8 Å². The van der Waals surface area contributed by atoms with Crippen molar-refractivity contribution in [2.24, 2.45) is 4.99 Å². The summed E-state index contributed by atoms with van der Waals surface area (Å²) in [4.78, 5) is 94.4. The summed E-state index contributed by atoms with van der Waals surface area (Å²) in [6, 6.07) is 16.2. The molecule has 3 aromatic carbocycles. The van der Waals surface area contributed by atoms with E-state index in [4.69, 9.17) is 28.4 Å². The predicted octanol–water partition coefficient (Wildman–Crippen LogP) is 8.41. The van der Waals surface area contributed by atoms with Gasteiger partial charge in [0.2, 0.25) is 5.96 Å². The molecule has 346 valence electrons. The Morgan fingerprint density at radius 3 is 1.78 bits per heavy atom. The summed E-state index contributed by atoms with van der Waals surface area (Å²) in [5, 5.41) is 15.4. The first-order valence-electron chi connectivity index (χ1n) is 20.2. The lowest BCUT2D eigenvalue weighted by atomic mass is 10.1. The maximum Gasteiger partial charge on any atom is 0.437 e. The maximum atomic E-state index is 13.7. The largest absolute Gasteiger partial charge is 0.480 e. The number of benzene rings is 3. The van der Waals surface area contributed by atoms with Gasteiger partial charge in [0.25, 0.3) is 0 Å². The highest BCUT2D eigenvalue weighted by Crippen LogP contribution is 2.22. The zero-order chi connectivity index (χ0) is 48.2. The molecule has 3 N–H and O–H groups in total. The van der Waals surface area contributed by atoms with Crippen LogP contribution in [0.3, 0.4) is 0 Å². The Labute approximate surface area is 372 Å². The molecule has 18 heteroatoms. The zero-order valence-electron chi connectivity index (χ0n) is 38.3. The molecule has 0 aliphatic carbocycles. The van der Waals surface area contributed by atoms with Crippen LogP contribution < -0.4 is 15.4 Å². The van der Waals surface area contributed by atoms with E-state index in [0.717, 1.165) is 4.90 Å². The molecule has 0 aliphatic heterocycles. The van der Waals surface area contributed by atoms with Crippen molar-refractivity contribution in [3.63, 3.8) is 0 Å². The number of carboxylic acids is 1. The van der Waals surface area contributed by atoms with Gasteiger partial charge >= 0.3 is 42.2 Å². The minimum Gasteiger partial charge on any atom is -0.480 e. The summed E-state index contributed by atoms with van der Waals surface area (Å²) in [6.07, 6.45) is -3.62. The first kappa shape index (κ1) is 51.4. The summed E-state index contributed by atoms with van der Waals surface area (Å²) < 4.78 is 32.3. The molecule has 3 amide bonds. The lowest BCUT2D eigenvalue weighted by Gasteiger charge is -2.29. The van der Waals surface area contributed by atoms with Crippen LogP contribution in [0.1, 0.15) is 121 Å². The number of esters is 3. The molecule has 0 radical (unpaired) electrons. The number of carbonyl (C=O) groups is 7. The number of hydrogen-bond acceptors (Lipinski definition) is 13.